The molecule has 2 aliphatic heterocycles. The lowest BCUT2D eigenvalue weighted by Gasteiger charge is -2.44. The van der Waals surface area contributed by atoms with E-state index in [0.717, 1.165) is 63.3 Å². The van der Waals surface area contributed by atoms with Crippen LogP contribution in [0.25, 0.3) is 28.0 Å². The Morgan fingerprint density at radius 2 is 1.65 bits per heavy atom. The topological polar surface area (TPSA) is 112 Å². The number of rotatable bonds is 7. The van der Waals surface area contributed by atoms with Crippen LogP contribution in [-0.2, 0) is 4.79 Å². The quantitative estimate of drug-likeness (QED) is 0.275. The molecule has 4 fully saturated rings. The predicted octanol–water partition coefficient (Wildman–Crippen LogP) is 4.81. The van der Waals surface area contributed by atoms with Gasteiger partial charge in [0.2, 0.25) is 11.9 Å². The number of piperazine rings is 2. The van der Waals surface area contributed by atoms with E-state index >= 15 is 4.39 Å². The Labute approximate surface area is 288 Å². The monoisotopic (exact) mass is 683 g/mol. The van der Waals surface area contributed by atoms with E-state index in [0.29, 0.717) is 41.6 Å². The standard InChI is InChI=1S/C36H39ClFN9O2/c1-4-28(48)45-18-21(3)46(19-20(45)2)33-25-17-26(37)31(24-7-5-6-8-27(24)38)40-34(25)47(36(49)43-33)32-29(22-9-10-22)41-35(42-30(32)23-11-12-23)44-15-13-39-14-16-44/h4-8,17,20-23,39H,1,9-16,18-19H2,2-3H3/t20-,21+/m1/s1. The minimum absolute atomic E-state index is 0.143. The summed E-state index contributed by atoms with van der Waals surface area (Å²) in [5.41, 5.74) is 2.61. The van der Waals surface area contributed by atoms with E-state index in [1.165, 1.54) is 12.1 Å². The highest BCUT2D eigenvalue weighted by Crippen LogP contribution is 2.49. The van der Waals surface area contributed by atoms with Gasteiger partial charge >= 0.3 is 5.69 Å². The van der Waals surface area contributed by atoms with Gasteiger partial charge in [-0.3, -0.25) is 4.79 Å². The molecule has 11 nitrogen and oxygen atoms in total. The number of carbonyl (C=O) groups is 1. The van der Waals surface area contributed by atoms with Crippen LogP contribution in [0.15, 0.2) is 47.8 Å². The van der Waals surface area contributed by atoms with Gasteiger partial charge in [0.05, 0.1) is 33.2 Å². The van der Waals surface area contributed by atoms with Gasteiger partial charge in [-0.25, -0.2) is 28.7 Å². The molecule has 0 radical (unpaired) electrons. The summed E-state index contributed by atoms with van der Waals surface area (Å²) in [4.78, 5) is 53.4. The highest BCUT2D eigenvalue weighted by molar-refractivity contribution is 6.33. The van der Waals surface area contributed by atoms with Crippen molar-refractivity contribution in [1.29, 1.82) is 0 Å². The fourth-order valence-corrected chi connectivity index (χ4v) is 7.46. The Morgan fingerprint density at radius 3 is 2.29 bits per heavy atom. The molecule has 4 aromatic rings. The van der Waals surface area contributed by atoms with Gasteiger partial charge in [0.1, 0.15) is 11.6 Å². The summed E-state index contributed by atoms with van der Waals surface area (Å²) in [6.07, 6.45) is 5.20. The van der Waals surface area contributed by atoms with Crippen LogP contribution in [-0.4, -0.2) is 86.7 Å². The average Bonchev–Trinajstić information content (AvgIpc) is 4.03. The third-order valence-electron chi connectivity index (χ3n) is 10.1. The molecule has 3 aromatic heterocycles. The van der Waals surface area contributed by atoms with Crippen LogP contribution in [0, 0.1) is 5.82 Å². The van der Waals surface area contributed by atoms with Gasteiger partial charge in [0, 0.05) is 68.8 Å². The first-order chi connectivity index (χ1) is 23.7. The van der Waals surface area contributed by atoms with Gasteiger partial charge < -0.3 is 20.0 Å². The number of nitrogens with zero attached hydrogens (tertiary/aromatic N) is 8. The van der Waals surface area contributed by atoms with E-state index in [9.17, 15) is 9.59 Å². The third kappa shape index (κ3) is 5.74. The highest BCUT2D eigenvalue weighted by Gasteiger charge is 2.39. The Balaban J connectivity index is 1.38. The van der Waals surface area contributed by atoms with Crippen LogP contribution in [0.4, 0.5) is 16.2 Å². The number of hydrogen-bond acceptors (Lipinski definition) is 9. The van der Waals surface area contributed by atoms with Gasteiger partial charge in [-0.05, 0) is 63.8 Å². The van der Waals surface area contributed by atoms with E-state index in [1.54, 1.807) is 33.7 Å². The largest absolute Gasteiger partial charge is 0.355 e. The molecule has 0 unspecified atom stereocenters. The van der Waals surface area contributed by atoms with Crippen molar-refractivity contribution in [2.75, 3.05) is 49.1 Å². The van der Waals surface area contributed by atoms with Crippen LogP contribution < -0.4 is 20.8 Å². The van der Waals surface area contributed by atoms with E-state index in [-0.39, 0.29) is 46.1 Å². The first-order valence-corrected chi connectivity index (χ1v) is 17.6. The number of halogens is 2. The van der Waals surface area contributed by atoms with Crippen LogP contribution in [0.2, 0.25) is 5.02 Å². The average molecular weight is 684 g/mol. The number of carbonyl (C=O) groups excluding carboxylic acids is 1. The van der Waals surface area contributed by atoms with E-state index in [4.69, 9.17) is 31.5 Å². The molecule has 0 spiro atoms. The summed E-state index contributed by atoms with van der Waals surface area (Å²) in [7, 11) is 0. The lowest BCUT2D eigenvalue weighted by molar-refractivity contribution is -0.128. The molecule has 49 heavy (non-hydrogen) atoms. The Hall–Kier alpha value is -4.42. The third-order valence-corrected chi connectivity index (χ3v) is 10.4. The molecule has 8 rings (SSSR count). The number of amides is 1. The Morgan fingerprint density at radius 1 is 0.980 bits per heavy atom. The maximum Gasteiger partial charge on any atom is 0.355 e. The Bertz CT molecular complexity index is 2010. The number of fused-ring (bicyclic) bond motifs is 1. The van der Waals surface area contributed by atoms with Gasteiger partial charge in [-0.1, -0.05) is 30.3 Å². The first-order valence-electron chi connectivity index (χ1n) is 17.2. The number of aromatic nitrogens is 5. The Kier molecular flexibility index (Phi) is 8.10. The summed E-state index contributed by atoms with van der Waals surface area (Å²) in [6, 6.07) is 7.75. The summed E-state index contributed by atoms with van der Waals surface area (Å²) >= 11 is 6.94. The second-order valence-electron chi connectivity index (χ2n) is 13.7. The second kappa shape index (κ2) is 12.5. The van der Waals surface area contributed by atoms with Gasteiger partial charge in [0.25, 0.3) is 0 Å². The summed E-state index contributed by atoms with van der Waals surface area (Å²) < 4.78 is 16.8. The highest BCUT2D eigenvalue weighted by atomic mass is 35.5. The number of nitrogens with one attached hydrogen (secondary N) is 1. The lowest BCUT2D eigenvalue weighted by Crippen LogP contribution is -2.58. The van der Waals surface area contributed by atoms with Gasteiger partial charge in [0.15, 0.2) is 5.65 Å². The summed E-state index contributed by atoms with van der Waals surface area (Å²) in [5, 5.41) is 4.20. The lowest BCUT2D eigenvalue weighted by atomic mass is 10.1. The molecule has 0 bridgehead atoms. The molecule has 1 aromatic carbocycles. The van der Waals surface area contributed by atoms with Crippen LogP contribution in [0.3, 0.4) is 0 Å². The van der Waals surface area contributed by atoms with Crippen molar-refractivity contribution in [3.05, 3.63) is 75.7 Å². The zero-order valence-corrected chi connectivity index (χ0v) is 28.5. The minimum atomic E-state index is -0.511. The second-order valence-corrected chi connectivity index (χ2v) is 14.1. The smallest absolute Gasteiger partial charge is 0.349 e. The van der Waals surface area contributed by atoms with Crippen molar-refractivity contribution in [3.63, 3.8) is 0 Å². The van der Waals surface area contributed by atoms with Crippen molar-refractivity contribution in [2.45, 2.75) is 63.5 Å². The van der Waals surface area contributed by atoms with E-state index < -0.39 is 11.5 Å². The van der Waals surface area contributed by atoms with Crippen molar-refractivity contribution in [1.82, 2.24) is 34.7 Å². The molecule has 1 N–H and O–H groups in total. The zero-order chi connectivity index (χ0) is 34.0. The number of pyridine rings is 1. The molecule has 2 saturated carbocycles. The van der Waals surface area contributed by atoms with Crippen molar-refractivity contribution in [3.8, 4) is 16.9 Å². The summed E-state index contributed by atoms with van der Waals surface area (Å²) in [6.45, 7) is 11.8. The molecular weight excluding hydrogens is 645 g/mol. The van der Waals surface area contributed by atoms with Crippen molar-refractivity contribution < 1.29 is 9.18 Å². The van der Waals surface area contributed by atoms with Gasteiger partial charge in [-0.15, -0.1) is 0 Å². The maximum atomic E-state index is 15.3. The predicted molar refractivity (Wildman–Crippen MR) is 188 cm³/mol. The molecular formula is C36H39ClFN9O2. The number of anilines is 2. The molecule has 1 amide bonds. The van der Waals surface area contributed by atoms with E-state index in [2.05, 4.69) is 16.8 Å². The fourth-order valence-electron chi connectivity index (χ4n) is 7.21. The van der Waals surface area contributed by atoms with Crippen LogP contribution >= 0.6 is 11.6 Å². The molecule has 254 valence electrons. The SMILES string of the molecule is C=CC(=O)N1C[C@H](C)N(c2nc(=O)n(-c3c(C4CC4)nc(N4CCNCC4)nc3C3CC3)c3nc(-c4ccccc4F)c(Cl)cc23)C[C@H]1C. The van der Waals surface area contributed by atoms with Crippen molar-refractivity contribution >= 4 is 40.3 Å². The molecule has 5 heterocycles. The normalized spacial score (nSPS) is 21.3. The number of hydrogen-bond donors (Lipinski definition) is 1. The van der Waals surface area contributed by atoms with Gasteiger partial charge in [-0.2, -0.15) is 4.98 Å². The van der Waals surface area contributed by atoms with Crippen molar-refractivity contribution in [2.24, 2.45) is 0 Å². The summed E-state index contributed by atoms with van der Waals surface area (Å²) in [5.74, 6) is 0.896. The van der Waals surface area contributed by atoms with Crippen LogP contribution in [0.5, 0.6) is 0 Å². The molecule has 13 heteroatoms. The first kappa shape index (κ1) is 31.8. The molecule has 2 aliphatic carbocycles. The number of benzene rings is 1. The van der Waals surface area contributed by atoms with E-state index in [1.807, 2.05) is 18.7 Å². The maximum absolute atomic E-state index is 15.3. The molecule has 4 aliphatic rings. The fraction of sp³-hybridized carbons (Fsp3) is 0.444. The minimum Gasteiger partial charge on any atom is -0.349 e. The van der Waals surface area contributed by atoms with Crippen LogP contribution in [0.1, 0.15) is 62.8 Å². The zero-order valence-electron chi connectivity index (χ0n) is 27.7. The molecule has 2 atom stereocenters. The molecule has 2 saturated heterocycles.